The maximum Gasteiger partial charge on any atom is 0.181 e. The van der Waals surface area contributed by atoms with E-state index in [9.17, 15) is 0 Å². The van der Waals surface area contributed by atoms with E-state index in [0.29, 0.717) is 5.92 Å². The zero-order chi connectivity index (χ0) is 13.2. The van der Waals surface area contributed by atoms with Crippen LogP contribution in [0.15, 0.2) is 48.6 Å². The molecular weight excluding hydrogens is 234 g/mol. The van der Waals surface area contributed by atoms with E-state index in [4.69, 9.17) is 0 Å². The normalized spacial score (nSPS) is 18.4. The molecule has 0 saturated carbocycles. The number of hydrogen-bond donors (Lipinski definition) is 0. The van der Waals surface area contributed by atoms with E-state index in [2.05, 4.69) is 35.2 Å². The lowest BCUT2D eigenvalue weighted by Crippen LogP contribution is -2.01. The van der Waals surface area contributed by atoms with Gasteiger partial charge in [0.2, 0.25) is 0 Å². The highest BCUT2D eigenvalue weighted by Crippen LogP contribution is 2.25. The molecule has 1 atom stereocenters. The number of hydrogen-bond acceptors (Lipinski definition) is 2. The zero-order valence-corrected chi connectivity index (χ0v) is 11.2. The van der Waals surface area contributed by atoms with Crippen LogP contribution in [0.1, 0.15) is 19.2 Å². The van der Waals surface area contributed by atoms with E-state index in [0.717, 1.165) is 29.2 Å². The summed E-state index contributed by atoms with van der Waals surface area (Å²) >= 11 is 0. The lowest BCUT2D eigenvalue weighted by molar-refractivity contribution is 0.727. The summed E-state index contributed by atoms with van der Waals surface area (Å²) in [6.07, 6.45) is 7.71. The monoisotopic (exact) mass is 251 g/mol. The minimum Gasteiger partial charge on any atom is -0.248 e. The summed E-state index contributed by atoms with van der Waals surface area (Å²) in [6, 6.07) is 10.1. The summed E-state index contributed by atoms with van der Waals surface area (Å²) in [4.78, 5) is 4.67. The van der Waals surface area contributed by atoms with Gasteiger partial charge in [-0.1, -0.05) is 55.5 Å². The first-order valence-electron chi connectivity index (χ1n) is 6.59. The number of nitrogens with zero attached hydrogens (tertiary/aromatic N) is 3. The number of aryl methyl sites for hydroxylation is 1. The molecule has 1 unspecified atom stereocenters. The molecule has 0 radical (unpaired) electrons. The van der Waals surface area contributed by atoms with Gasteiger partial charge < -0.3 is 0 Å². The van der Waals surface area contributed by atoms with Crippen LogP contribution < -0.4 is 0 Å². The molecule has 0 amide bonds. The van der Waals surface area contributed by atoms with Crippen LogP contribution >= 0.6 is 0 Å². The summed E-state index contributed by atoms with van der Waals surface area (Å²) in [5, 5.41) is 4.51. The average Bonchev–Trinajstić information content (AvgIpc) is 2.82. The Morgan fingerprint density at radius 2 is 2.00 bits per heavy atom. The molecule has 19 heavy (non-hydrogen) atoms. The number of aromatic nitrogens is 3. The Balaban J connectivity index is 2.01. The molecule has 1 aliphatic rings. The van der Waals surface area contributed by atoms with Gasteiger partial charge in [0, 0.05) is 18.2 Å². The molecular formula is C16H17N3. The highest BCUT2D eigenvalue weighted by atomic mass is 15.3. The SMILES string of the molecule is CC1C=C(c2nc(-c3ccccc3)nn2C)C=CC1. The lowest BCUT2D eigenvalue weighted by atomic mass is 9.98. The molecule has 0 aliphatic heterocycles. The van der Waals surface area contributed by atoms with Crippen molar-refractivity contribution in [1.29, 1.82) is 0 Å². The topological polar surface area (TPSA) is 30.7 Å². The summed E-state index contributed by atoms with van der Waals surface area (Å²) in [7, 11) is 1.95. The van der Waals surface area contributed by atoms with Gasteiger partial charge >= 0.3 is 0 Å². The zero-order valence-electron chi connectivity index (χ0n) is 11.2. The van der Waals surface area contributed by atoms with Crippen molar-refractivity contribution >= 4 is 5.57 Å². The average molecular weight is 251 g/mol. The third-order valence-electron chi connectivity index (χ3n) is 3.32. The Morgan fingerprint density at radius 3 is 2.74 bits per heavy atom. The van der Waals surface area contributed by atoms with Gasteiger partial charge in [0.1, 0.15) is 0 Å². The Labute approximate surface area is 113 Å². The highest BCUT2D eigenvalue weighted by Gasteiger charge is 2.14. The van der Waals surface area contributed by atoms with E-state index in [1.54, 1.807) is 0 Å². The third kappa shape index (κ3) is 2.36. The second kappa shape index (κ2) is 4.84. The Hall–Kier alpha value is -2.16. The fourth-order valence-corrected chi connectivity index (χ4v) is 2.33. The highest BCUT2D eigenvalue weighted by molar-refractivity contribution is 5.72. The van der Waals surface area contributed by atoms with Crippen LogP contribution in [0, 0.1) is 5.92 Å². The fourth-order valence-electron chi connectivity index (χ4n) is 2.33. The van der Waals surface area contributed by atoms with Crippen molar-refractivity contribution in [3.63, 3.8) is 0 Å². The molecule has 96 valence electrons. The summed E-state index contributed by atoms with van der Waals surface area (Å²) in [6.45, 7) is 2.22. The van der Waals surface area contributed by atoms with Crippen molar-refractivity contribution in [3.8, 4) is 11.4 Å². The Morgan fingerprint density at radius 1 is 1.21 bits per heavy atom. The van der Waals surface area contributed by atoms with Crippen LogP contribution in [-0.4, -0.2) is 14.8 Å². The molecule has 3 heteroatoms. The van der Waals surface area contributed by atoms with Crippen LogP contribution in [0.4, 0.5) is 0 Å². The van der Waals surface area contributed by atoms with Gasteiger partial charge in [-0.25, -0.2) is 9.67 Å². The van der Waals surface area contributed by atoms with Crippen LogP contribution in [-0.2, 0) is 7.05 Å². The molecule has 2 aromatic rings. The van der Waals surface area contributed by atoms with Crippen molar-refractivity contribution in [2.75, 3.05) is 0 Å². The lowest BCUT2D eigenvalue weighted by Gasteiger charge is -2.10. The van der Waals surface area contributed by atoms with Crippen molar-refractivity contribution in [2.24, 2.45) is 13.0 Å². The largest absolute Gasteiger partial charge is 0.248 e. The van der Waals surface area contributed by atoms with Crippen molar-refractivity contribution in [1.82, 2.24) is 14.8 Å². The Kier molecular flexibility index (Phi) is 3.03. The maximum atomic E-state index is 4.67. The molecule has 3 nitrogen and oxygen atoms in total. The van der Waals surface area contributed by atoms with E-state index < -0.39 is 0 Å². The quantitative estimate of drug-likeness (QED) is 0.818. The molecule has 0 bridgehead atoms. The summed E-state index contributed by atoms with van der Waals surface area (Å²) in [5.41, 5.74) is 2.22. The van der Waals surface area contributed by atoms with Gasteiger partial charge in [0.25, 0.3) is 0 Å². The van der Waals surface area contributed by atoms with Gasteiger partial charge in [-0.3, -0.25) is 0 Å². The second-order valence-corrected chi connectivity index (χ2v) is 4.99. The van der Waals surface area contributed by atoms with Crippen LogP contribution in [0.3, 0.4) is 0 Å². The Bertz CT molecular complexity index is 635. The van der Waals surface area contributed by atoms with E-state index in [1.165, 1.54) is 0 Å². The number of benzene rings is 1. The van der Waals surface area contributed by atoms with E-state index in [-0.39, 0.29) is 0 Å². The number of allylic oxidation sites excluding steroid dienone is 4. The molecule has 0 spiro atoms. The van der Waals surface area contributed by atoms with Crippen molar-refractivity contribution in [2.45, 2.75) is 13.3 Å². The fraction of sp³-hybridized carbons (Fsp3) is 0.250. The molecule has 3 rings (SSSR count). The summed E-state index contributed by atoms with van der Waals surface area (Å²) in [5.74, 6) is 2.28. The standard InChI is InChI=1S/C16H17N3/c1-12-7-6-10-14(11-12)16-17-15(18-19(16)2)13-8-4-3-5-9-13/h3-6,8-12H,7H2,1-2H3. The minimum absolute atomic E-state index is 0.567. The molecule has 0 fully saturated rings. The molecule has 0 N–H and O–H groups in total. The maximum absolute atomic E-state index is 4.67. The third-order valence-corrected chi connectivity index (χ3v) is 3.32. The molecule has 1 heterocycles. The van der Waals surface area contributed by atoms with Crippen LogP contribution in [0.5, 0.6) is 0 Å². The smallest absolute Gasteiger partial charge is 0.181 e. The van der Waals surface area contributed by atoms with Gasteiger partial charge in [-0.15, -0.1) is 0 Å². The molecule has 0 saturated heterocycles. The molecule has 1 aromatic carbocycles. The predicted octanol–water partition coefficient (Wildman–Crippen LogP) is 3.46. The number of rotatable bonds is 2. The molecule has 1 aromatic heterocycles. The first-order chi connectivity index (χ1) is 9.24. The van der Waals surface area contributed by atoms with Gasteiger partial charge in [0.15, 0.2) is 11.6 Å². The van der Waals surface area contributed by atoms with Crippen LogP contribution in [0.2, 0.25) is 0 Å². The van der Waals surface area contributed by atoms with E-state index in [1.807, 2.05) is 42.1 Å². The second-order valence-electron chi connectivity index (χ2n) is 4.99. The van der Waals surface area contributed by atoms with Gasteiger partial charge in [0.05, 0.1) is 0 Å². The van der Waals surface area contributed by atoms with E-state index >= 15 is 0 Å². The first-order valence-corrected chi connectivity index (χ1v) is 6.59. The predicted molar refractivity (Wildman–Crippen MR) is 77.3 cm³/mol. The summed E-state index contributed by atoms with van der Waals surface area (Å²) < 4.78 is 1.86. The van der Waals surface area contributed by atoms with Crippen molar-refractivity contribution in [3.05, 3.63) is 54.4 Å². The van der Waals surface area contributed by atoms with Crippen molar-refractivity contribution < 1.29 is 0 Å². The molecule has 1 aliphatic carbocycles. The first kappa shape index (κ1) is 11.9. The van der Waals surface area contributed by atoms with Crippen LogP contribution in [0.25, 0.3) is 17.0 Å². The minimum atomic E-state index is 0.567. The van der Waals surface area contributed by atoms with Gasteiger partial charge in [-0.2, -0.15) is 5.10 Å². The van der Waals surface area contributed by atoms with Gasteiger partial charge in [-0.05, 0) is 12.3 Å².